The first-order valence-corrected chi connectivity index (χ1v) is 9.16. The van der Waals surface area contributed by atoms with E-state index in [-0.39, 0.29) is 11.9 Å². The lowest BCUT2D eigenvalue weighted by Gasteiger charge is -2.22. The van der Waals surface area contributed by atoms with E-state index in [2.05, 4.69) is 20.5 Å². The maximum Gasteiger partial charge on any atom is 0.243 e. The van der Waals surface area contributed by atoms with Gasteiger partial charge in [0.05, 0.1) is 11.7 Å². The Balaban J connectivity index is 1.61. The number of rotatable bonds is 6. The zero-order valence-electron chi connectivity index (χ0n) is 13.3. The Labute approximate surface area is 148 Å². The summed E-state index contributed by atoms with van der Waals surface area (Å²) in [6.07, 6.45) is 0. The zero-order chi connectivity index (χ0) is 16.9. The van der Waals surface area contributed by atoms with Gasteiger partial charge >= 0.3 is 0 Å². The monoisotopic (exact) mass is 359 g/mol. The van der Waals surface area contributed by atoms with Crippen LogP contribution in [0, 0.1) is 0 Å². The van der Waals surface area contributed by atoms with E-state index >= 15 is 0 Å². The standard InChI is InChI=1S/C16H17N5OS2/c1-11(14(22)19-16-20-17-10-24-16)21(2)8-13-9-23-15(18-13)12-6-4-3-5-7-12/h3-7,9-11H,8H2,1-2H3,(H,19,20,22). The minimum absolute atomic E-state index is 0.104. The Morgan fingerprint density at radius 2 is 2.08 bits per heavy atom. The van der Waals surface area contributed by atoms with Crippen LogP contribution in [0.3, 0.4) is 0 Å². The quantitative estimate of drug-likeness (QED) is 0.732. The van der Waals surface area contributed by atoms with Gasteiger partial charge in [-0.25, -0.2) is 4.98 Å². The van der Waals surface area contributed by atoms with Gasteiger partial charge in [0.2, 0.25) is 11.0 Å². The van der Waals surface area contributed by atoms with Gasteiger partial charge in [0, 0.05) is 17.5 Å². The number of thiazole rings is 1. The molecule has 0 saturated heterocycles. The molecule has 1 N–H and O–H groups in total. The third-order valence-electron chi connectivity index (χ3n) is 3.61. The number of nitrogens with one attached hydrogen (secondary N) is 1. The van der Waals surface area contributed by atoms with E-state index < -0.39 is 0 Å². The summed E-state index contributed by atoms with van der Waals surface area (Å²) in [5, 5.41) is 13.8. The van der Waals surface area contributed by atoms with Gasteiger partial charge in [0.1, 0.15) is 10.5 Å². The van der Waals surface area contributed by atoms with Crippen molar-refractivity contribution in [2.24, 2.45) is 0 Å². The summed E-state index contributed by atoms with van der Waals surface area (Å²) in [6.45, 7) is 2.47. The molecular formula is C16H17N5OS2. The van der Waals surface area contributed by atoms with Crippen molar-refractivity contribution in [1.82, 2.24) is 20.1 Å². The van der Waals surface area contributed by atoms with Gasteiger partial charge in [0.25, 0.3) is 0 Å². The SMILES string of the molecule is CC(C(=O)Nc1nncs1)N(C)Cc1csc(-c2ccccc2)n1. The molecule has 2 aromatic heterocycles. The van der Waals surface area contributed by atoms with Gasteiger partial charge in [0.15, 0.2) is 0 Å². The van der Waals surface area contributed by atoms with Gasteiger partial charge in [-0.1, -0.05) is 41.7 Å². The molecule has 1 unspecified atom stereocenters. The Kier molecular flexibility index (Phi) is 5.29. The molecule has 24 heavy (non-hydrogen) atoms. The summed E-state index contributed by atoms with van der Waals surface area (Å²) in [5.41, 5.74) is 3.65. The summed E-state index contributed by atoms with van der Waals surface area (Å²) in [6, 6.07) is 9.79. The first-order valence-electron chi connectivity index (χ1n) is 7.40. The van der Waals surface area contributed by atoms with Crippen LogP contribution >= 0.6 is 22.7 Å². The number of aromatic nitrogens is 3. The molecule has 0 aliphatic rings. The molecule has 0 bridgehead atoms. The molecule has 0 saturated carbocycles. The van der Waals surface area contributed by atoms with E-state index in [1.807, 2.05) is 54.6 Å². The second-order valence-corrected chi connectivity index (χ2v) is 7.03. The van der Waals surface area contributed by atoms with Crippen LogP contribution in [0.1, 0.15) is 12.6 Å². The van der Waals surface area contributed by atoms with E-state index in [0.717, 1.165) is 16.3 Å². The number of hydrogen-bond acceptors (Lipinski definition) is 7. The van der Waals surface area contributed by atoms with Gasteiger partial charge in [-0.05, 0) is 14.0 Å². The van der Waals surface area contributed by atoms with Crippen LogP contribution in [0.5, 0.6) is 0 Å². The van der Waals surface area contributed by atoms with Crippen LogP contribution in [0.2, 0.25) is 0 Å². The molecule has 1 aromatic carbocycles. The van der Waals surface area contributed by atoms with Crippen molar-refractivity contribution >= 4 is 33.7 Å². The van der Waals surface area contributed by atoms with Crippen LogP contribution in [-0.4, -0.2) is 39.1 Å². The average Bonchev–Trinajstić information content (AvgIpc) is 3.27. The minimum atomic E-state index is -0.296. The van der Waals surface area contributed by atoms with Crippen molar-refractivity contribution in [3.63, 3.8) is 0 Å². The lowest BCUT2D eigenvalue weighted by Crippen LogP contribution is -2.39. The summed E-state index contributed by atoms with van der Waals surface area (Å²) >= 11 is 2.92. The number of anilines is 1. The lowest BCUT2D eigenvalue weighted by atomic mass is 10.2. The number of carbonyl (C=O) groups is 1. The molecule has 0 fully saturated rings. The highest BCUT2D eigenvalue weighted by Gasteiger charge is 2.20. The predicted molar refractivity (Wildman–Crippen MR) is 97.0 cm³/mol. The first-order chi connectivity index (χ1) is 11.6. The fourth-order valence-electron chi connectivity index (χ4n) is 2.12. The van der Waals surface area contributed by atoms with E-state index in [0.29, 0.717) is 11.7 Å². The molecule has 0 aliphatic carbocycles. The van der Waals surface area contributed by atoms with Crippen LogP contribution in [-0.2, 0) is 11.3 Å². The Morgan fingerprint density at radius 3 is 2.79 bits per heavy atom. The summed E-state index contributed by atoms with van der Waals surface area (Å²) < 4.78 is 0. The number of hydrogen-bond donors (Lipinski definition) is 1. The number of likely N-dealkylation sites (N-methyl/N-ethyl adjacent to an activating group) is 1. The molecule has 2 heterocycles. The van der Waals surface area contributed by atoms with Gasteiger partial charge in [-0.3, -0.25) is 15.0 Å². The molecule has 3 aromatic rings. The Bertz CT molecular complexity index is 788. The second-order valence-electron chi connectivity index (χ2n) is 5.33. The van der Waals surface area contributed by atoms with Crippen molar-refractivity contribution < 1.29 is 4.79 Å². The molecule has 1 atom stereocenters. The van der Waals surface area contributed by atoms with Crippen molar-refractivity contribution in [3.8, 4) is 10.6 Å². The maximum atomic E-state index is 12.2. The normalized spacial score (nSPS) is 12.3. The van der Waals surface area contributed by atoms with Crippen molar-refractivity contribution in [1.29, 1.82) is 0 Å². The fraction of sp³-hybridized carbons (Fsp3) is 0.250. The number of carbonyl (C=O) groups excluding carboxylic acids is 1. The number of benzene rings is 1. The van der Waals surface area contributed by atoms with Crippen molar-refractivity contribution in [2.45, 2.75) is 19.5 Å². The van der Waals surface area contributed by atoms with Crippen LogP contribution in [0.25, 0.3) is 10.6 Å². The number of amides is 1. The van der Waals surface area contributed by atoms with Crippen molar-refractivity contribution in [3.05, 3.63) is 46.9 Å². The molecule has 124 valence electrons. The van der Waals surface area contributed by atoms with Crippen LogP contribution in [0.15, 0.2) is 41.2 Å². The van der Waals surface area contributed by atoms with E-state index in [9.17, 15) is 4.79 Å². The molecule has 3 rings (SSSR count). The summed E-state index contributed by atoms with van der Waals surface area (Å²) in [7, 11) is 1.91. The van der Waals surface area contributed by atoms with E-state index in [1.54, 1.807) is 16.8 Å². The van der Waals surface area contributed by atoms with Crippen LogP contribution < -0.4 is 5.32 Å². The smallest absolute Gasteiger partial charge is 0.243 e. The largest absolute Gasteiger partial charge is 0.299 e. The zero-order valence-corrected chi connectivity index (χ0v) is 15.0. The van der Waals surface area contributed by atoms with E-state index in [4.69, 9.17) is 0 Å². The molecule has 0 spiro atoms. The number of nitrogens with zero attached hydrogens (tertiary/aromatic N) is 4. The fourth-order valence-corrected chi connectivity index (χ4v) is 3.39. The Hall–Kier alpha value is -2.16. The molecular weight excluding hydrogens is 342 g/mol. The van der Waals surface area contributed by atoms with Gasteiger partial charge in [-0.2, -0.15) is 0 Å². The van der Waals surface area contributed by atoms with Gasteiger partial charge in [-0.15, -0.1) is 21.5 Å². The highest BCUT2D eigenvalue weighted by atomic mass is 32.1. The van der Waals surface area contributed by atoms with E-state index in [1.165, 1.54) is 11.3 Å². The topological polar surface area (TPSA) is 71.0 Å². The lowest BCUT2D eigenvalue weighted by molar-refractivity contribution is -0.120. The third kappa shape index (κ3) is 4.02. The predicted octanol–water partition coefficient (Wildman–Crippen LogP) is 3.12. The maximum absolute atomic E-state index is 12.2. The molecule has 8 heteroatoms. The highest BCUT2D eigenvalue weighted by molar-refractivity contribution is 7.13. The van der Waals surface area contributed by atoms with Gasteiger partial charge < -0.3 is 0 Å². The molecule has 0 radical (unpaired) electrons. The molecule has 6 nitrogen and oxygen atoms in total. The Morgan fingerprint density at radius 1 is 1.29 bits per heavy atom. The van der Waals surface area contributed by atoms with Crippen LogP contribution in [0.4, 0.5) is 5.13 Å². The third-order valence-corrected chi connectivity index (χ3v) is 5.16. The van der Waals surface area contributed by atoms with Crippen molar-refractivity contribution in [2.75, 3.05) is 12.4 Å². The second kappa shape index (κ2) is 7.61. The minimum Gasteiger partial charge on any atom is -0.299 e. The summed E-state index contributed by atoms with van der Waals surface area (Å²) in [4.78, 5) is 18.9. The first kappa shape index (κ1) is 16.7. The molecule has 1 amide bonds. The molecule has 0 aliphatic heterocycles. The summed E-state index contributed by atoms with van der Waals surface area (Å²) in [5.74, 6) is -0.104. The highest BCUT2D eigenvalue weighted by Crippen LogP contribution is 2.24. The average molecular weight is 359 g/mol.